The van der Waals surface area contributed by atoms with E-state index in [0.717, 1.165) is 5.31 Å². The van der Waals surface area contributed by atoms with Crippen LogP contribution >= 0.6 is 0 Å². The summed E-state index contributed by atoms with van der Waals surface area (Å²) in [4.78, 5) is 10.4. The molecule has 0 aromatic heterocycles. The molecule has 1 saturated heterocycles. The number of morpholine rings is 1. The van der Waals surface area contributed by atoms with Crippen LogP contribution < -0.4 is 5.31 Å². The van der Waals surface area contributed by atoms with E-state index in [9.17, 15) is 4.79 Å². The minimum absolute atomic E-state index is 0.0729. The molecule has 1 N–H and O–H groups in total. The molecule has 1 aliphatic rings. The van der Waals surface area contributed by atoms with Crippen molar-refractivity contribution in [1.29, 1.82) is 0 Å². The van der Waals surface area contributed by atoms with Gasteiger partial charge >= 0.3 is 0 Å². The zero-order chi connectivity index (χ0) is 5.98. The summed E-state index contributed by atoms with van der Waals surface area (Å²) in [5.41, 5.74) is 0. The molecule has 0 aliphatic carbocycles. The Balaban J connectivity index is 2.39. The van der Waals surface area contributed by atoms with Crippen molar-refractivity contribution in [1.82, 2.24) is 5.31 Å². The average molecular weight is 102 g/mol. The van der Waals surface area contributed by atoms with Gasteiger partial charge in [0.05, 0.1) is 6.61 Å². The summed E-state index contributed by atoms with van der Waals surface area (Å²) >= 11 is 0. The zero-order valence-corrected chi connectivity index (χ0v) is 3.89. The van der Waals surface area contributed by atoms with Crippen LogP contribution in [0.25, 0.3) is 0 Å². The van der Waals surface area contributed by atoms with Crippen LogP contribution in [0.3, 0.4) is 0 Å². The Bertz CT molecular complexity index is 106. The maximum absolute atomic E-state index is 10.4. The molecule has 0 unspecified atom stereocenters. The van der Waals surface area contributed by atoms with Crippen molar-refractivity contribution < 1.29 is 10.9 Å². The lowest BCUT2D eigenvalue weighted by Gasteiger charge is -2.10. The second kappa shape index (κ2) is 1.93. The summed E-state index contributed by atoms with van der Waals surface area (Å²) in [6.45, 7) is 0.970. The molecule has 1 aliphatic heterocycles. The van der Waals surface area contributed by atoms with Crippen molar-refractivity contribution in [3.63, 3.8) is 0 Å². The fraction of sp³-hybridized carbons (Fsp3) is 0.750. The van der Waals surface area contributed by atoms with Gasteiger partial charge in [0.15, 0.2) is 1.41 Å². The van der Waals surface area contributed by atoms with Gasteiger partial charge in [-0.1, -0.05) is 0 Å². The number of ether oxygens (including phenoxy) is 1. The van der Waals surface area contributed by atoms with Crippen LogP contribution in [0.5, 0.6) is 0 Å². The molecule has 3 nitrogen and oxygen atoms in total. The van der Waals surface area contributed by atoms with E-state index in [-0.39, 0.29) is 12.5 Å². The van der Waals surface area contributed by atoms with Crippen molar-refractivity contribution in [2.75, 3.05) is 19.8 Å². The summed E-state index contributed by atoms with van der Waals surface area (Å²) < 4.78 is 11.6. The second-order valence-electron chi connectivity index (χ2n) is 1.33. The summed E-state index contributed by atoms with van der Waals surface area (Å²) in [5, 5.41) is 0.920. The fourth-order valence-electron chi connectivity index (χ4n) is 0.440. The molecule has 3 heteroatoms. The summed E-state index contributed by atoms with van der Waals surface area (Å²) in [7, 11) is 0. The monoisotopic (exact) mass is 102 g/mol. The molecule has 0 saturated carbocycles. The number of nitrogens with one attached hydrogen (secondary N) is 1. The van der Waals surface area contributed by atoms with Gasteiger partial charge in [-0.25, -0.2) is 0 Å². The van der Waals surface area contributed by atoms with Crippen LogP contribution in [-0.2, 0) is 9.53 Å². The molecule has 0 spiro atoms. The van der Waals surface area contributed by atoms with E-state index in [1.54, 1.807) is 0 Å². The lowest BCUT2D eigenvalue weighted by atomic mass is 10.5. The molecule has 40 valence electrons. The first-order chi connectivity index (χ1) is 3.80. The Morgan fingerprint density at radius 1 is 2.00 bits per heavy atom. The third kappa shape index (κ3) is 1.16. The molecule has 0 aromatic carbocycles. The van der Waals surface area contributed by atoms with E-state index >= 15 is 0 Å². The van der Waals surface area contributed by atoms with Gasteiger partial charge in [-0.05, 0) is 0 Å². The van der Waals surface area contributed by atoms with Gasteiger partial charge in [-0.15, -0.1) is 0 Å². The third-order valence-corrected chi connectivity index (χ3v) is 0.749. The van der Waals surface area contributed by atoms with Crippen LogP contribution in [0.1, 0.15) is 0 Å². The molecular weight excluding hydrogens is 94.0 g/mol. The first-order valence-corrected chi connectivity index (χ1v) is 2.17. The number of carbonyl (C=O) groups is 1. The van der Waals surface area contributed by atoms with Crippen LogP contribution in [-0.4, -0.2) is 25.7 Å². The summed E-state index contributed by atoms with van der Waals surface area (Å²) in [6, 6.07) is 0. The van der Waals surface area contributed by atoms with Gasteiger partial charge in [-0.3, -0.25) is 4.79 Å². The number of rotatable bonds is 0. The Morgan fingerprint density at radius 2 is 2.86 bits per heavy atom. The molecule has 0 aromatic rings. The van der Waals surface area contributed by atoms with Crippen LogP contribution in [0.4, 0.5) is 0 Å². The van der Waals surface area contributed by atoms with Gasteiger partial charge in [0.25, 0.3) is 0 Å². The molecule has 1 rings (SSSR count). The van der Waals surface area contributed by atoms with Gasteiger partial charge in [0, 0.05) is 6.54 Å². The molecule has 0 atom stereocenters. The first-order valence-electron chi connectivity index (χ1n) is 2.62. The molecule has 0 bridgehead atoms. The van der Waals surface area contributed by atoms with Crippen LogP contribution in [0.2, 0.25) is 1.41 Å². The standard InChI is InChI=1S/C4H7NO2/c6-4-3-7-2-1-5-4/h1-3H2,(H,5,6)/i/hD. The number of amides is 1. The maximum atomic E-state index is 10.4. The highest BCUT2D eigenvalue weighted by Gasteiger charge is 2.04. The van der Waals surface area contributed by atoms with Crippen LogP contribution in [0, 0.1) is 0 Å². The molecular formula is C4H7NO2. The zero-order valence-electron chi connectivity index (χ0n) is 4.89. The van der Waals surface area contributed by atoms with Crippen LogP contribution in [0.15, 0.2) is 0 Å². The van der Waals surface area contributed by atoms with Gasteiger partial charge < -0.3 is 10.0 Å². The predicted molar refractivity (Wildman–Crippen MR) is 23.8 cm³/mol. The molecule has 1 fully saturated rings. The van der Waals surface area contributed by atoms with Crippen molar-refractivity contribution in [3.05, 3.63) is 0 Å². The van der Waals surface area contributed by atoms with Crippen molar-refractivity contribution in [2.45, 2.75) is 0 Å². The Hall–Kier alpha value is -0.570. The highest BCUT2D eigenvalue weighted by molar-refractivity contribution is 5.77. The van der Waals surface area contributed by atoms with E-state index in [2.05, 4.69) is 0 Å². The van der Waals surface area contributed by atoms with Gasteiger partial charge in [-0.2, -0.15) is 0 Å². The minimum Gasteiger partial charge on any atom is -0.370 e. The lowest BCUT2D eigenvalue weighted by Crippen LogP contribution is -2.36. The maximum Gasteiger partial charge on any atom is 0.246 e. The topological polar surface area (TPSA) is 38.3 Å². The SMILES string of the molecule is [2H]N1CCOCC1=O. The second-order valence-corrected chi connectivity index (χ2v) is 1.33. The van der Waals surface area contributed by atoms with Crippen molar-refractivity contribution in [2.24, 2.45) is 0 Å². The number of carbonyl (C=O) groups excluding carboxylic acids is 1. The van der Waals surface area contributed by atoms with E-state index in [4.69, 9.17) is 6.15 Å². The van der Waals surface area contributed by atoms with E-state index in [1.165, 1.54) is 0 Å². The van der Waals surface area contributed by atoms with E-state index in [0.29, 0.717) is 13.2 Å². The van der Waals surface area contributed by atoms with E-state index in [1.807, 2.05) is 0 Å². The quantitative estimate of drug-likeness (QED) is 0.432. The smallest absolute Gasteiger partial charge is 0.246 e. The Kier molecular flexibility index (Phi) is 0.947. The summed E-state index contributed by atoms with van der Waals surface area (Å²) in [6.07, 6.45) is 0. The normalized spacial score (nSPS) is 24.9. The van der Waals surface area contributed by atoms with E-state index < -0.39 is 0 Å². The first kappa shape index (κ1) is 3.43. The highest BCUT2D eigenvalue weighted by atomic mass is 16.5. The summed E-state index contributed by atoms with van der Waals surface area (Å²) in [5.74, 6) is -0.253. The molecule has 0 radical (unpaired) electrons. The fourth-order valence-corrected chi connectivity index (χ4v) is 0.440. The van der Waals surface area contributed by atoms with Gasteiger partial charge in [0.1, 0.15) is 6.61 Å². The van der Waals surface area contributed by atoms with Gasteiger partial charge in [0.2, 0.25) is 5.91 Å². The average Bonchev–Trinajstić information content (AvgIpc) is 1.77. The molecule has 1 amide bonds. The highest BCUT2D eigenvalue weighted by Crippen LogP contribution is 1.79. The number of hydrogen-bond donors (Lipinski definition) is 1. The Labute approximate surface area is 43.1 Å². The minimum atomic E-state index is -0.253. The molecule has 1 heterocycles. The van der Waals surface area contributed by atoms with Crippen molar-refractivity contribution >= 4 is 5.91 Å². The van der Waals surface area contributed by atoms with Crippen molar-refractivity contribution in [3.8, 4) is 0 Å². The largest absolute Gasteiger partial charge is 0.370 e. The number of hydrogen-bond acceptors (Lipinski definition) is 2. The molecule has 7 heavy (non-hydrogen) atoms. The third-order valence-electron chi connectivity index (χ3n) is 0.749. The lowest BCUT2D eigenvalue weighted by molar-refractivity contribution is -0.128. The predicted octanol–water partition coefficient (Wildman–Crippen LogP) is -0.867. The Morgan fingerprint density at radius 3 is 3.29 bits per heavy atom.